The summed E-state index contributed by atoms with van der Waals surface area (Å²) in [5.74, 6) is -1.82. The molecular weight excluding hydrogens is 352 g/mol. The molecule has 0 saturated carbocycles. The predicted octanol–water partition coefficient (Wildman–Crippen LogP) is 3.06. The lowest BCUT2D eigenvalue weighted by Gasteiger charge is -2.36. The SMILES string of the molecule is C=C(C)C(=O)OC[C@H]1O[C@@H]2OC(CC)(CC)O[C@@H]2[C@H]2OC(CC)(CC)O[C@@H]21. The first-order chi connectivity index (χ1) is 12.8. The topological polar surface area (TPSA) is 72.5 Å². The number of hydrogen-bond acceptors (Lipinski definition) is 7. The molecular formula is C20H32O7. The van der Waals surface area contributed by atoms with Gasteiger partial charge in [-0.05, 0) is 32.6 Å². The lowest BCUT2D eigenvalue weighted by atomic mass is 9.99. The Morgan fingerprint density at radius 1 is 0.889 bits per heavy atom. The van der Waals surface area contributed by atoms with Crippen LogP contribution in [0.25, 0.3) is 0 Å². The van der Waals surface area contributed by atoms with Gasteiger partial charge in [-0.15, -0.1) is 0 Å². The van der Waals surface area contributed by atoms with Crippen LogP contribution in [0.1, 0.15) is 60.3 Å². The molecule has 0 N–H and O–H groups in total. The van der Waals surface area contributed by atoms with Crippen molar-refractivity contribution in [1.29, 1.82) is 0 Å². The Kier molecular flexibility index (Phi) is 5.99. The number of rotatable bonds is 7. The quantitative estimate of drug-likeness (QED) is 0.493. The van der Waals surface area contributed by atoms with E-state index in [4.69, 9.17) is 28.4 Å². The number of carbonyl (C=O) groups excluding carboxylic acids is 1. The largest absolute Gasteiger partial charge is 0.459 e. The molecule has 154 valence electrons. The molecule has 0 aliphatic carbocycles. The Hall–Kier alpha value is -0.990. The van der Waals surface area contributed by atoms with Crippen molar-refractivity contribution < 1.29 is 33.2 Å². The molecule has 3 fully saturated rings. The van der Waals surface area contributed by atoms with Gasteiger partial charge in [-0.25, -0.2) is 4.79 Å². The van der Waals surface area contributed by atoms with Crippen LogP contribution in [-0.4, -0.2) is 54.9 Å². The predicted molar refractivity (Wildman–Crippen MR) is 96.8 cm³/mol. The number of ether oxygens (including phenoxy) is 6. The van der Waals surface area contributed by atoms with Crippen LogP contribution in [0.2, 0.25) is 0 Å². The zero-order valence-corrected chi connectivity index (χ0v) is 17.0. The fourth-order valence-corrected chi connectivity index (χ4v) is 3.97. The first kappa shape index (κ1) is 20.7. The van der Waals surface area contributed by atoms with Crippen LogP contribution in [0.4, 0.5) is 0 Å². The second kappa shape index (κ2) is 7.79. The molecule has 5 atom stereocenters. The Balaban J connectivity index is 1.82. The number of fused-ring (bicyclic) bond motifs is 3. The van der Waals surface area contributed by atoms with E-state index in [1.165, 1.54) is 0 Å². The van der Waals surface area contributed by atoms with Crippen LogP contribution in [0.5, 0.6) is 0 Å². The average molecular weight is 384 g/mol. The van der Waals surface area contributed by atoms with E-state index in [0.29, 0.717) is 31.3 Å². The molecule has 3 rings (SSSR count). The van der Waals surface area contributed by atoms with Gasteiger partial charge in [0.1, 0.15) is 31.0 Å². The van der Waals surface area contributed by atoms with Crippen LogP contribution in [-0.2, 0) is 33.2 Å². The first-order valence-corrected chi connectivity index (χ1v) is 10.0. The molecule has 0 aromatic heterocycles. The third-order valence-corrected chi connectivity index (χ3v) is 5.86. The second-order valence-electron chi connectivity index (χ2n) is 7.52. The van der Waals surface area contributed by atoms with E-state index in [-0.39, 0.29) is 18.8 Å². The van der Waals surface area contributed by atoms with Crippen molar-refractivity contribution >= 4 is 5.97 Å². The van der Waals surface area contributed by atoms with Crippen LogP contribution in [0.3, 0.4) is 0 Å². The van der Waals surface area contributed by atoms with E-state index in [2.05, 4.69) is 6.58 Å². The molecule has 0 spiro atoms. The fourth-order valence-electron chi connectivity index (χ4n) is 3.97. The summed E-state index contributed by atoms with van der Waals surface area (Å²) in [6.07, 6.45) is 0.664. The summed E-state index contributed by atoms with van der Waals surface area (Å²) in [6, 6.07) is 0. The van der Waals surface area contributed by atoms with Crippen molar-refractivity contribution in [3.8, 4) is 0 Å². The number of esters is 1. The van der Waals surface area contributed by atoms with Gasteiger partial charge in [0.05, 0.1) is 0 Å². The third kappa shape index (κ3) is 3.68. The lowest BCUT2D eigenvalue weighted by Crippen LogP contribution is -2.56. The van der Waals surface area contributed by atoms with Crippen molar-refractivity contribution in [1.82, 2.24) is 0 Å². The minimum Gasteiger partial charge on any atom is -0.459 e. The Morgan fingerprint density at radius 3 is 1.96 bits per heavy atom. The van der Waals surface area contributed by atoms with Gasteiger partial charge in [0.2, 0.25) is 0 Å². The average Bonchev–Trinajstić information content (AvgIpc) is 3.25. The smallest absolute Gasteiger partial charge is 0.333 e. The van der Waals surface area contributed by atoms with Crippen molar-refractivity contribution in [2.45, 2.75) is 103 Å². The van der Waals surface area contributed by atoms with E-state index >= 15 is 0 Å². The van der Waals surface area contributed by atoms with E-state index < -0.39 is 36.0 Å². The highest BCUT2D eigenvalue weighted by Crippen LogP contribution is 2.47. The van der Waals surface area contributed by atoms with Crippen LogP contribution >= 0.6 is 0 Å². The maximum Gasteiger partial charge on any atom is 0.333 e. The molecule has 0 aromatic carbocycles. The number of hydrogen-bond donors (Lipinski definition) is 0. The van der Waals surface area contributed by atoms with Gasteiger partial charge in [-0.1, -0.05) is 34.3 Å². The van der Waals surface area contributed by atoms with Gasteiger partial charge < -0.3 is 28.4 Å². The summed E-state index contributed by atoms with van der Waals surface area (Å²) in [5.41, 5.74) is 0.344. The molecule has 3 aliphatic heterocycles. The molecule has 27 heavy (non-hydrogen) atoms. The third-order valence-electron chi connectivity index (χ3n) is 5.86. The van der Waals surface area contributed by atoms with Gasteiger partial charge in [0, 0.05) is 5.57 Å². The molecule has 0 amide bonds. The maximum atomic E-state index is 11.8. The van der Waals surface area contributed by atoms with E-state index in [1.54, 1.807) is 6.92 Å². The van der Waals surface area contributed by atoms with Crippen LogP contribution in [0, 0.1) is 0 Å². The Labute approximate surface area is 161 Å². The summed E-state index contributed by atoms with van der Waals surface area (Å²) >= 11 is 0. The normalized spacial score (nSPS) is 36.1. The molecule has 0 bridgehead atoms. The molecule has 3 aliphatic rings. The number of carbonyl (C=O) groups is 1. The first-order valence-electron chi connectivity index (χ1n) is 10.0. The van der Waals surface area contributed by atoms with Crippen molar-refractivity contribution in [2.24, 2.45) is 0 Å². The van der Waals surface area contributed by atoms with Crippen molar-refractivity contribution in [3.05, 3.63) is 12.2 Å². The van der Waals surface area contributed by atoms with Gasteiger partial charge in [-0.2, -0.15) is 0 Å². The fraction of sp³-hybridized carbons (Fsp3) is 0.850. The zero-order chi connectivity index (χ0) is 19.8. The maximum absolute atomic E-state index is 11.8. The second-order valence-corrected chi connectivity index (χ2v) is 7.52. The van der Waals surface area contributed by atoms with Gasteiger partial charge >= 0.3 is 5.97 Å². The zero-order valence-electron chi connectivity index (χ0n) is 17.0. The lowest BCUT2D eigenvalue weighted by molar-refractivity contribution is -0.250. The summed E-state index contributed by atoms with van der Waals surface area (Å²) in [5, 5.41) is 0. The van der Waals surface area contributed by atoms with E-state index in [0.717, 1.165) is 0 Å². The van der Waals surface area contributed by atoms with Gasteiger partial charge in [-0.3, -0.25) is 0 Å². The molecule has 7 heteroatoms. The Bertz CT molecular complexity index is 567. The summed E-state index contributed by atoms with van der Waals surface area (Å²) in [4.78, 5) is 11.8. The highest BCUT2D eigenvalue weighted by atomic mass is 16.9. The molecule has 0 unspecified atom stereocenters. The highest BCUT2D eigenvalue weighted by Gasteiger charge is 2.62. The van der Waals surface area contributed by atoms with Gasteiger partial charge in [0.25, 0.3) is 0 Å². The molecule has 0 aromatic rings. The molecule has 7 nitrogen and oxygen atoms in total. The van der Waals surface area contributed by atoms with Gasteiger partial charge in [0.15, 0.2) is 17.9 Å². The van der Waals surface area contributed by atoms with E-state index in [1.807, 2.05) is 27.7 Å². The summed E-state index contributed by atoms with van der Waals surface area (Å²) in [6.45, 7) is 13.4. The Morgan fingerprint density at radius 2 is 1.41 bits per heavy atom. The molecule has 0 radical (unpaired) electrons. The monoisotopic (exact) mass is 384 g/mol. The highest BCUT2D eigenvalue weighted by molar-refractivity contribution is 5.86. The van der Waals surface area contributed by atoms with Crippen molar-refractivity contribution in [3.63, 3.8) is 0 Å². The standard InChI is InChI=1S/C20H32O7/c1-7-19(8-2)24-14-13(11-22-17(21)12(5)6)23-18-16(15(14)25-19)26-20(9-3,10-4)27-18/h13-16,18H,5,7-11H2,1-4,6H3/t13-,14-,15+,16-,18-/m1/s1. The molecule has 3 heterocycles. The minimum absolute atomic E-state index is 0.0531. The van der Waals surface area contributed by atoms with Crippen LogP contribution < -0.4 is 0 Å². The molecule has 3 saturated heterocycles. The summed E-state index contributed by atoms with van der Waals surface area (Å²) in [7, 11) is 0. The van der Waals surface area contributed by atoms with E-state index in [9.17, 15) is 4.79 Å². The van der Waals surface area contributed by atoms with Crippen molar-refractivity contribution in [2.75, 3.05) is 6.61 Å². The summed E-state index contributed by atoms with van der Waals surface area (Å²) < 4.78 is 36.6. The van der Waals surface area contributed by atoms with Crippen LogP contribution in [0.15, 0.2) is 12.2 Å². The minimum atomic E-state index is -0.684.